The molecule has 0 aromatic rings. The third-order valence-corrected chi connectivity index (χ3v) is 4.98. The predicted molar refractivity (Wildman–Crippen MR) is 115 cm³/mol. The molecule has 6 N–H and O–H groups in total. The molecule has 180 valence electrons. The first-order valence-corrected chi connectivity index (χ1v) is 11.1. The quantitative estimate of drug-likeness (QED) is 0.163. The van der Waals surface area contributed by atoms with Gasteiger partial charge in [0.25, 0.3) is 0 Å². The number of carbonyl (C=O) groups is 1. The van der Waals surface area contributed by atoms with E-state index in [-0.39, 0.29) is 18.9 Å². The van der Waals surface area contributed by atoms with Crippen molar-refractivity contribution in [3.8, 4) is 0 Å². The average Bonchev–Trinajstić information content (AvgIpc) is 2.75. The first-order valence-electron chi connectivity index (χ1n) is 11.1. The largest absolute Gasteiger partial charge is 0.394 e. The van der Waals surface area contributed by atoms with Gasteiger partial charge in [0.1, 0.15) is 24.4 Å². The van der Waals surface area contributed by atoms with Crippen LogP contribution in [0.15, 0.2) is 24.3 Å². The third kappa shape index (κ3) is 9.78. The number of carbonyl (C=O) groups excluding carboxylic acids is 1. The van der Waals surface area contributed by atoms with Crippen molar-refractivity contribution in [2.24, 2.45) is 0 Å². The highest BCUT2D eigenvalue weighted by molar-refractivity contribution is 5.76. The minimum absolute atomic E-state index is 0.208. The summed E-state index contributed by atoms with van der Waals surface area (Å²) >= 11 is 0. The third-order valence-electron chi connectivity index (χ3n) is 4.98. The lowest BCUT2D eigenvalue weighted by Crippen LogP contribution is -2.60. The SMILES string of the molecule is CCC/C=C/CC/C=C/C(O)C(COC1OC(CO)C(O)C(O)C1O)NC(=O)CCC. The van der Waals surface area contributed by atoms with Crippen molar-refractivity contribution in [3.05, 3.63) is 24.3 Å². The summed E-state index contributed by atoms with van der Waals surface area (Å²) in [5, 5.41) is 52.3. The minimum Gasteiger partial charge on any atom is -0.394 e. The van der Waals surface area contributed by atoms with Crippen LogP contribution in [0.4, 0.5) is 0 Å². The molecular weight excluding hydrogens is 406 g/mol. The smallest absolute Gasteiger partial charge is 0.220 e. The molecule has 9 heteroatoms. The van der Waals surface area contributed by atoms with Crippen molar-refractivity contribution in [2.45, 2.75) is 95.2 Å². The Morgan fingerprint density at radius 3 is 2.35 bits per heavy atom. The van der Waals surface area contributed by atoms with Crippen LogP contribution in [0.2, 0.25) is 0 Å². The molecule has 1 amide bonds. The van der Waals surface area contributed by atoms with Crippen molar-refractivity contribution in [1.29, 1.82) is 0 Å². The number of rotatable bonds is 14. The number of aliphatic hydroxyl groups excluding tert-OH is 5. The van der Waals surface area contributed by atoms with Gasteiger partial charge in [-0.05, 0) is 25.7 Å². The fraction of sp³-hybridized carbons (Fsp3) is 0.773. The molecule has 9 nitrogen and oxygen atoms in total. The second kappa shape index (κ2) is 15.5. The van der Waals surface area contributed by atoms with E-state index >= 15 is 0 Å². The maximum Gasteiger partial charge on any atom is 0.220 e. The number of ether oxygens (including phenoxy) is 2. The number of hydrogen-bond acceptors (Lipinski definition) is 8. The van der Waals surface area contributed by atoms with E-state index in [1.54, 1.807) is 6.08 Å². The Morgan fingerprint density at radius 2 is 1.71 bits per heavy atom. The first kappa shape index (κ1) is 27.7. The van der Waals surface area contributed by atoms with Crippen molar-refractivity contribution >= 4 is 5.91 Å². The van der Waals surface area contributed by atoms with Crippen molar-refractivity contribution in [2.75, 3.05) is 13.2 Å². The van der Waals surface area contributed by atoms with Gasteiger partial charge < -0.3 is 40.3 Å². The molecule has 1 aliphatic rings. The van der Waals surface area contributed by atoms with Gasteiger partial charge in [-0.15, -0.1) is 0 Å². The van der Waals surface area contributed by atoms with Gasteiger partial charge >= 0.3 is 0 Å². The molecule has 0 radical (unpaired) electrons. The van der Waals surface area contributed by atoms with Crippen LogP contribution >= 0.6 is 0 Å². The lowest BCUT2D eigenvalue weighted by atomic mass is 9.99. The lowest BCUT2D eigenvalue weighted by molar-refractivity contribution is -0.302. The molecule has 1 rings (SSSR count). The molecule has 7 unspecified atom stereocenters. The number of aliphatic hydroxyl groups is 5. The van der Waals surface area contributed by atoms with Gasteiger partial charge in [0.05, 0.1) is 25.4 Å². The van der Waals surface area contributed by atoms with E-state index in [9.17, 15) is 30.3 Å². The molecule has 0 aromatic heterocycles. The number of amides is 1. The van der Waals surface area contributed by atoms with Gasteiger partial charge in [0.15, 0.2) is 6.29 Å². The van der Waals surface area contributed by atoms with E-state index in [2.05, 4.69) is 24.4 Å². The van der Waals surface area contributed by atoms with Gasteiger partial charge in [0, 0.05) is 6.42 Å². The van der Waals surface area contributed by atoms with E-state index in [4.69, 9.17) is 9.47 Å². The number of nitrogens with one attached hydrogen (secondary N) is 1. The summed E-state index contributed by atoms with van der Waals surface area (Å²) in [7, 11) is 0. The molecule has 0 aromatic carbocycles. The van der Waals surface area contributed by atoms with Crippen LogP contribution in [0.25, 0.3) is 0 Å². The van der Waals surface area contributed by atoms with Crippen LogP contribution in [0.3, 0.4) is 0 Å². The van der Waals surface area contributed by atoms with Crippen LogP contribution in [0.5, 0.6) is 0 Å². The Kier molecular flexibility index (Phi) is 13.8. The van der Waals surface area contributed by atoms with Crippen LogP contribution in [0.1, 0.15) is 52.4 Å². The molecule has 0 bridgehead atoms. The van der Waals surface area contributed by atoms with Crippen LogP contribution < -0.4 is 5.32 Å². The number of unbranched alkanes of at least 4 members (excludes halogenated alkanes) is 2. The molecule has 1 aliphatic heterocycles. The standard InChI is InChI=1S/C22H39NO8/c1-3-5-6-7-8-9-10-12-16(25)15(23-18(26)11-4-2)14-30-22-21(29)20(28)19(27)17(13-24)31-22/h6-7,10,12,15-17,19-22,24-25,27-29H,3-5,8-9,11,13-14H2,1-2H3,(H,23,26)/b7-6+,12-10+. The summed E-state index contributed by atoms with van der Waals surface area (Å²) < 4.78 is 10.8. The van der Waals surface area contributed by atoms with Crippen LogP contribution in [-0.4, -0.2) is 87.5 Å². The van der Waals surface area contributed by atoms with Crippen molar-refractivity contribution in [3.63, 3.8) is 0 Å². The molecular formula is C22H39NO8. The molecule has 0 saturated carbocycles. The van der Waals surface area contributed by atoms with E-state index < -0.39 is 49.5 Å². The van der Waals surface area contributed by atoms with E-state index in [0.29, 0.717) is 6.42 Å². The van der Waals surface area contributed by atoms with Gasteiger partial charge in [-0.3, -0.25) is 4.79 Å². The normalized spacial score (nSPS) is 28.8. The number of allylic oxidation sites excluding steroid dienone is 3. The molecule has 7 atom stereocenters. The molecule has 1 saturated heterocycles. The summed E-state index contributed by atoms with van der Waals surface area (Å²) in [6.45, 7) is 3.20. The summed E-state index contributed by atoms with van der Waals surface area (Å²) in [6.07, 6.45) is 4.20. The molecule has 31 heavy (non-hydrogen) atoms. The molecule has 1 heterocycles. The monoisotopic (exact) mass is 445 g/mol. The lowest BCUT2D eigenvalue weighted by Gasteiger charge is -2.40. The highest BCUT2D eigenvalue weighted by Gasteiger charge is 2.44. The zero-order valence-corrected chi connectivity index (χ0v) is 18.5. The van der Waals surface area contributed by atoms with Gasteiger partial charge in [-0.1, -0.05) is 44.6 Å². The Hall–Kier alpha value is -1.33. The molecule has 0 aliphatic carbocycles. The van der Waals surface area contributed by atoms with Gasteiger partial charge in [-0.2, -0.15) is 0 Å². The summed E-state index contributed by atoms with van der Waals surface area (Å²) in [4.78, 5) is 12.0. The Labute approximate surface area is 184 Å². The maximum absolute atomic E-state index is 12.0. The van der Waals surface area contributed by atoms with Crippen LogP contribution in [0, 0.1) is 0 Å². The first-order chi connectivity index (χ1) is 14.8. The highest BCUT2D eigenvalue weighted by Crippen LogP contribution is 2.22. The fourth-order valence-corrected chi connectivity index (χ4v) is 3.10. The molecule has 1 fully saturated rings. The Morgan fingerprint density at radius 1 is 1.03 bits per heavy atom. The minimum atomic E-state index is -1.56. The average molecular weight is 446 g/mol. The van der Waals surface area contributed by atoms with E-state index in [1.165, 1.54) is 0 Å². The van der Waals surface area contributed by atoms with Gasteiger partial charge in [-0.25, -0.2) is 0 Å². The second-order valence-electron chi connectivity index (χ2n) is 7.71. The second-order valence-corrected chi connectivity index (χ2v) is 7.71. The Balaban J connectivity index is 2.69. The summed E-state index contributed by atoms with van der Waals surface area (Å²) in [5.41, 5.74) is 0. The van der Waals surface area contributed by atoms with Crippen molar-refractivity contribution in [1.82, 2.24) is 5.32 Å². The van der Waals surface area contributed by atoms with E-state index in [1.807, 2.05) is 13.0 Å². The molecule has 0 spiro atoms. The zero-order chi connectivity index (χ0) is 23.2. The Bertz CT molecular complexity index is 554. The topological polar surface area (TPSA) is 149 Å². The highest BCUT2D eigenvalue weighted by atomic mass is 16.7. The van der Waals surface area contributed by atoms with Gasteiger partial charge in [0.2, 0.25) is 5.91 Å². The maximum atomic E-state index is 12.0. The zero-order valence-electron chi connectivity index (χ0n) is 18.5. The number of hydrogen-bond donors (Lipinski definition) is 6. The van der Waals surface area contributed by atoms with Crippen molar-refractivity contribution < 1.29 is 39.8 Å². The summed E-state index contributed by atoms with van der Waals surface area (Å²) in [6, 6.07) is -0.807. The fourth-order valence-electron chi connectivity index (χ4n) is 3.10. The van der Waals surface area contributed by atoms with Crippen LogP contribution in [-0.2, 0) is 14.3 Å². The summed E-state index contributed by atoms with van der Waals surface area (Å²) in [5.74, 6) is -0.250. The van der Waals surface area contributed by atoms with E-state index in [0.717, 1.165) is 25.7 Å². The predicted octanol–water partition coefficient (Wildman–Crippen LogP) is 0.141.